The number of nitrogens with zero attached hydrogens (tertiary/aromatic N) is 3. The van der Waals surface area contributed by atoms with Crippen LogP contribution in [0.2, 0.25) is 5.02 Å². The SMILES string of the molecule is CCc1ccc(C(=O)N2CCN(c3ccncc3Cl)CC2)cc1. The molecule has 1 aliphatic heterocycles. The van der Waals surface area contributed by atoms with Gasteiger partial charge in [-0.2, -0.15) is 0 Å². The lowest BCUT2D eigenvalue weighted by Gasteiger charge is -2.36. The van der Waals surface area contributed by atoms with Crippen molar-refractivity contribution in [3.63, 3.8) is 0 Å². The van der Waals surface area contributed by atoms with E-state index in [2.05, 4.69) is 16.8 Å². The van der Waals surface area contributed by atoms with Gasteiger partial charge in [0.25, 0.3) is 5.91 Å². The van der Waals surface area contributed by atoms with Crippen LogP contribution in [-0.2, 0) is 6.42 Å². The molecule has 0 atom stereocenters. The maximum absolute atomic E-state index is 12.6. The number of carbonyl (C=O) groups excluding carboxylic acids is 1. The number of aromatic nitrogens is 1. The number of hydrogen-bond acceptors (Lipinski definition) is 3. The Bertz CT molecular complexity index is 679. The molecule has 1 aromatic carbocycles. The van der Waals surface area contributed by atoms with E-state index in [1.807, 2.05) is 35.2 Å². The minimum absolute atomic E-state index is 0.105. The zero-order valence-corrected chi connectivity index (χ0v) is 14.0. The Morgan fingerprint density at radius 1 is 1.13 bits per heavy atom. The highest BCUT2D eigenvalue weighted by molar-refractivity contribution is 6.33. The molecule has 4 nitrogen and oxygen atoms in total. The summed E-state index contributed by atoms with van der Waals surface area (Å²) in [6.45, 7) is 5.07. The van der Waals surface area contributed by atoms with Crippen molar-refractivity contribution in [2.75, 3.05) is 31.1 Å². The van der Waals surface area contributed by atoms with Crippen LogP contribution < -0.4 is 4.90 Å². The van der Waals surface area contributed by atoms with Gasteiger partial charge in [0.1, 0.15) is 0 Å². The summed E-state index contributed by atoms with van der Waals surface area (Å²) in [7, 11) is 0. The number of carbonyl (C=O) groups is 1. The molecule has 0 N–H and O–H groups in total. The molecule has 3 rings (SSSR count). The van der Waals surface area contributed by atoms with E-state index >= 15 is 0 Å². The van der Waals surface area contributed by atoms with Gasteiger partial charge >= 0.3 is 0 Å². The molecule has 1 amide bonds. The Balaban J connectivity index is 1.64. The highest BCUT2D eigenvalue weighted by Gasteiger charge is 2.23. The van der Waals surface area contributed by atoms with E-state index in [1.54, 1.807) is 12.4 Å². The van der Waals surface area contributed by atoms with Crippen LogP contribution in [0, 0.1) is 0 Å². The van der Waals surface area contributed by atoms with Crippen LogP contribution >= 0.6 is 11.6 Å². The van der Waals surface area contributed by atoms with Crippen LogP contribution in [0.1, 0.15) is 22.8 Å². The number of rotatable bonds is 3. The van der Waals surface area contributed by atoms with Gasteiger partial charge in [0.2, 0.25) is 0 Å². The van der Waals surface area contributed by atoms with Gasteiger partial charge < -0.3 is 9.80 Å². The first-order chi connectivity index (χ1) is 11.2. The predicted octanol–water partition coefficient (Wildman–Crippen LogP) is 3.26. The van der Waals surface area contributed by atoms with Crippen LogP contribution in [0.5, 0.6) is 0 Å². The zero-order valence-electron chi connectivity index (χ0n) is 13.2. The summed E-state index contributed by atoms with van der Waals surface area (Å²) in [4.78, 5) is 20.7. The molecule has 1 fully saturated rings. The third-order valence-electron chi connectivity index (χ3n) is 4.27. The quantitative estimate of drug-likeness (QED) is 0.867. The zero-order chi connectivity index (χ0) is 16.2. The molecule has 120 valence electrons. The van der Waals surface area contributed by atoms with Crippen molar-refractivity contribution in [3.05, 3.63) is 58.9 Å². The minimum atomic E-state index is 0.105. The van der Waals surface area contributed by atoms with Gasteiger partial charge in [-0.25, -0.2) is 0 Å². The van der Waals surface area contributed by atoms with Gasteiger partial charge in [0, 0.05) is 44.1 Å². The molecule has 0 radical (unpaired) electrons. The van der Waals surface area contributed by atoms with E-state index in [4.69, 9.17) is 11.6 Å². The average Bonchev–Trinajstić information content (AvgIpc) is 2.62. The molecule has 1 saturated heterocycles. The second kappa shape index (κ2) is 7.01. The van der Waals surface area contributed by atoms with E-state index in [9.17, 15) is 4.79 Å². The molecule has 1 aliphatic rings. The number of amides is 1. The van der Waals surface area contributed by atoms with E-state index < -0.39 is 0 Å². The fourth-order valence-corrected chi connectivity index (χ4v) is 3.08. The fraction of sp³-hybridized carbons (Fsp3) is 0.333. The summed E-state index contributed by atoms with van der Waals surface area (Å²) in [5.74, 6) is 0.105. The van der Waals surface area contributed by atoms with Gasteiger partial charge in [-0.1, -0.05) is 30.7 Å². The fourth-order valence-electron chi connectivity index (χ4n) is 2.84. The Hall–Kier alpha value is -2.07. The standard InChI is InChI=1S/C18H20ClN3O/c1-2-14-3-5-15(6-4-14)18(23)22-11-9-21(10-12-22)17-7-8-20-13-16(17)19/h3-8,13H,2,9-12H2,1H3. The van der Waals surface area contributed by atoms with Crippen molar-refractivity contribution in [1.29, 1.82) is 0 Å². The number of aryl methyl sites for hydroxylation is 1. The molecule has 0 aliphatic carbocycles. The molecule has 0 bridgehead atoms. The minimum Gasteiger partial charge on any atom is -0.367 e. The van der Waals surface area contributed by atoms with Crippen molar-refractivity contribution < 1.29 is 4.79 Å². The molecule has 5 heteroatoms. The monoisotopic (exact) mass is 329 g/mol. The van der Waals surface area contributed by atoms with E-state index in [0.717, 1.165) is 30.8 Å². The summed E-state index contributed by atoms with van der Waals surface area (Å²) in [6, 6.07) is 9.82. The Kier molecular flexibility index (Phi) is 4.82. The van der Waals surface area contributed by atoms with Crippen molar-refractivity contribution >= 4 is 23.2 Å². The number of piperazine rings is 1. The summed E-state index contributed by atoms with van der Waals surface area (Å²) < 4.78 is 0. The van der Waals surface area contributed by atoms with Gasteiger partial charge in [0.15, 0.2) is 0 Å². The third-order valence-corrected chi connectivity index (χ3v) is 4.56. The van der Waals surface area contributed by atoms with Crippen molar-refractivity contribution in [2.24, 2.45) is 0 Å². The highest BCUT2D eigenvalue weighted by Crippen LogP contribution is 2.25. The Morgan fingerprint density at radius 3 is 2.43 bits per heavy atom. The predicted molar refractivity (Wildman–Crippen MR) is 93.2 cm³/mol. The second-order valence-corrected chi connectivity index (χ2v) is 6.06. The number of pyridine rings is 1. The average molecular weight is 330 g/mol. The van der Waals surface area contributed by atoms with Gasteiger partial charge in [-0.3, -0.25) is 9.78 Å². The lowest BCUT2D eigenvalue weighted by atomic mass is 10.1. The molecule has 0 unspecified atom stereocenters. The van der Waals surface area contributed by atoms with Crippen LogP contribution in [-0.4, -0.2) is 42.0 Å². The molecule has 0 saturated carbocycles. The maximum Gasteiger partial charge on any atom is 0.253 e. The van der Waals surface area contributed by atoms with E-state index in [0.29, 0.717) is 18.1 Å². The number of hydrogen-bond donors (Lipinski definition) is 0. The molecule has 23 heavy (non-hydrogen) atoms. The van der Waals surface area contributed by atoms with Crippen molar-refractivity contribution in [3.8, 4) is 0 Å². The Labute approximate surface area is 141 Å². The first-order valence-electron chi connectivity index (χ1n) is 7.91. The van der Waals surface area contributed by atoms with Crippen LogP contribution in [0.4, 0.5) is 5.69 Å². The van der Waals surface area contributed by atoms with E-state index in [-0.39, 0.29) is 5.91 Å². The third kappa shape index (κ3) is 3.48. The van der Waals surface area contributed by atoms with E-state index in [1.165, 1.54) is 5.56 Å². The van der Waals surface area contributed by atoms with Crippen LogP contribution in [0.25, 0.3) is 0 Å². The van der Waals surface area contributed by atoms with Crippen molar-refractivity contribution in [2.45, 2.75) is 13.3 Å². The molecule has 2 heterocycles. The first-order valence-corrected chi connectivity index (χ1v) is 8.29. The summed E-state index contributed by atoms with van der Waals surface area (Å²) >= 11 is 6.20. The summed E-state index contributed by atoms with van der Waals surface area (Å²) in [5.41, 5.74) is 3.00. The molecule has 1 aromatic heterocycles. The van der Waals surface area contributed by atoms with Gasteiger partial charge in [-0.15, -0.1) is 0 Å². The normalized spacial score (nSPS) is 14.9. The van der Waals surface area contributed by atoms with Gasteiger partial charge in [-0.05, 0) is 30.2 Å². The number of benzene rings is 1. The molecule has 2 aromatic rings. The first kappa shape index (κ1) is 15.8. The molecular weight excluding hydrogens is 310 g/mol. The number of anilines is 1. The maximum atomic E-state index is 12.6. The van der Waals surface area contributed by atoms with Crippen molar-refractivity contribution in [1.82, 2.24) is 9.88 Å². The largest absolute Gasteiger partial charge is 0.367 e. The Morgan fingerprint density at radius 2 is 1.83 bits per heavy atom. The van der Waals surface area contributed by atoms with Crippen LogP contribution in [0.15, 0.2) is 42.7 Å². The lowest BCUT2D eigenvalue weighted by Crippen LogP contribution is -2.48. The topological polar surface area (TPSA) is 36.4 Å². The molecule has 0 spiro atoms. The summed E-state index contributed by atoms with van der Waals surface area (Å²) in [6.07, 6.45) is 4.39. The molecular formula is C18H20ClN3O. The smallest absolute Gasteiger partial charge is 0.253 e. The van der Waals surface area contributed by atoms with Crippen LogP contribution in [0.3, 0.4) is 0 Å². The lowest BCUT2D eigenvalue weighted by molar-refractivity contribution is 0.0747. The number of halogens is 1. The summed E-state index contributed by atoms with van der Waals surface area (Å²) in [5, 5.41) is 0.655. The van der Waals surface area contributed by atoms with Gasteiger partial charge in [0.05, 0.1) is 10.7 Å². The highest BCUT2D eigenvalue weighted by atomic mass is 35.5. The second-order valence-electron chi connectivity index (χ2n) is 5.66.